The molecule has 1 aliphatic carbocycles. The van der Waals surface area contributed by atoms with E-state index in [0.29, 0.717) is 24.3 Å². The van der Waals surface area contributed by atoms with Crippen molar-refractivity contribution in [1.29, 1.82) is 0 Å². The van der Waals surface area contributed by atoms with Crippen LogP contribution >= 0.6 is 0 Å². The van der Waals surface area contributed by atoms with Gasteiger partial charge in [-0.2, -0.15) is 5.10 Å². The van der Waals surface area contributed by atoms with Gasteiger partial charge in [0, 0.05) is 18.0 Å². The summed E-state index contributed by atoms with van der Waals surface area (Å²) in [6, 6.07) is 7.42. The minimum atomic E-state index is -0.673. The van der Waals surface area contributed by atoms with Crippen LogP contribution in [-0.2, 0) is 16.8 Å². The molecule has 1 amide bonds. The molecule has 4 rings (SSSR count). The van der Waals surface area contributed by atoms with E-state index >= 15 is 0 Å². The third-order valence-electron chi connectivity index (χ3n) is 5.47. The van der Waals surface area contributed by atoms with Gasteiger partial charge in [0.25, 0.3) is 0 Å². The summed E-state index contributed by atoms with van der Waals surface area (Å²) in [5, 5.41) is 7.06. The first kappa shape index (κ1) is 20.0. The lowest BCUT2D eigenvalue weighted by Gasteiger charge is -2.19. The number of halogens is 2. The van der Waals surface area contributed by atoms with Crippen LogP contribution in [0.25, 0.3) is 0 Å². The largest absolute Gasteiger partial charge is 0.489 e. The molecule has 0 saturated heterocycles. The number of aryl methyl sites for hydroxylation is 2. The van der Waals surface area contributed by atoms with E-state index < -0.39 is 17.2 Å². The Balaban J connectivity index is 1.56. The average Bonchev–Trinajstić information content (AvgIpc) is 3.36. The molecule has 0 bridgehead atoms. The zero-order valence-corrected chi connectivity index (χ0v) is 16.7. The van der Waals surface area contributed by atoms with Crippen molar-refractivity contribution in [2.45, 2.75) is 32.2 Å². The van der Waals surface area contributed by atoms with Gasteiger partial charge in [-0.05, 0) is 38.0 Å². The van der Waals surface area contributed by atoms with Gasteiger partial charge in [0.2, 0.25) is 5.91 Å². The smallest absolute Gasteiger partial charge is 0.228 e. The van der Waals surface area contributed by atoms with E-state index in [0.717, 1.165) is 11.9 Å². The minimum Gasteiger partial charge on any atom is -0.489 e. The summed E-state index contributed by atoms with van der Waals surface area (Å²) in [6.45, 7) is 4.75. The van der Waals surface area contributed by atoms with Gasteiger partial charge in [-0.3, -0.25) is 14.5 Å². The Hall–Kier alpha value is -3.29. The zero-order chi connectivity index (χ0) is 21.3. The van der Waals surface area contributed by atoms with E-state index in [1.807, 2.05) is 20.0 Å². The topological polar surface area (TPSA) is 69.0 Å². The summed E-state index contributed by atoms with van der Waals surface area (Å²) >= 11 is 0. The highest BCUT2D eigenvalue weighted by Crippen LogP contribution is 2.55. The molecule has 30 heavy (non-hydrogen) atoms. The van der Waals surface area contributed by atoms with E-state index in [2.05, 4.69) is 15.4 Å². The van der Waals surface area contributed by atoms with Crippen LogP contribution in [0.2, 0.25) is 0 Å². The van der Waals surface area contributed by atoms with Gasteiger partial charge in [0.1, 0.15) is 17.3 Å². The number of nitrogens with one attached hydrogen (secondary N) is 1. The Morgan fingerprint density at radius 1 is 1.30 bits per heavy atom. The fourth-order valence-corrected chi connectivity index (χ4v) is 3.73. The molecule has 2 heterocycles. The summed E-state index contributed by atoms with van der Waals surface area (Å²) < 4.78 is 35.1. The van der Waals surface area contributed by atoms with E-state index in [9.17, 15) is 13.6 Å². The molecular weight excluding hydrogens is 390 g/mol. The number of pyridine rings is 1. The Morgan fingerprint density at radius 3 is 2.83 bits per heavy atom. The fourth-order valence-electron chi connectivity index (χ4n) is 3.73. The number of hydrogen-bond donors (Lipinski definition) is 1. The molecule has 0 spiro atoms. The van der Waals surface area contributed by atoms with Crippen LogP contribution in [0.1, 0.15) is 24.6 Å². The maximum absolute atomic E-state index is 13.9. The number of ether oxygens (including phenoxy) is 1. The molecule has 0 unspecified atom stereocenters. The highest BCUT2D eigenvalue weighted by molar-refractivity contribution is 5.96. The average molecular weight is 412 g/mol. The Kier molecular flexibility index (Phi) is 5.24. The van der Waals surface area contributed by atoms with Crippen molar-refractivity contribution < 1.29 is 18.3 Å². The van der Waals surface area contributed by atoms with Crippen molar-refractivity contribution in [2.24, 2.45) is 5.92 Å². The molecule has 1 aromatic carbocycles. The van der Waals surface area contributed by atoms with Gasteiger partial charge in [-0.15, -0.1) is 0 Å². The first-order valence-electron chi connectivity index (χ1n) is 9.75. The van der Waals surface area contributed by atoms with Gasteiger partial charge in [-0.25, -0.2) is 8.78 Å². The first-order chi connectivity index (χ1) is 14.4. The number of benzene rings is 1. The van der Waals surface area contributed by atoms with Crippen LogP contribution in [-0.4, -0.2) is 27.3 Å². The van der Waals surface area contributed by atoms with Gasteiger partial charge in [0.15, 0.2) is 5.75 Å². The summed E-state index contributed by atoms with van der Waals surface area (Å²) in [7, 11) is 0. The van der Waals surface area contributed by atoms with Crippen LogP contribution in [0.3, 0.4) is 0 Å². The maximum Gasteiger partial charge on any atom is 0.228 e. The van der Waals surface area contributed by atoms with Crippen LogP contribution in [0.15, 0.2) is 48.9 Å². The molecule has 0 aliphatic heterocycles. The van der Waals surface area contributed by atoms with E-state index in [1.54, 1.807) is 16.8 Å². The number of carbonyl (C=O) groups excluding carboxylic acids is 1. The summed E-state index contributed by atoms with van der Waals surface area (Å²) in [4.78, 5) is 16.6. The van der Waals surface area contributed by atoms with Crippen LogP contribution in [0.4, 0.5) is 14.5 Å². The van der Waals surface area contributed by atoms with Crippen molar-refractivity contribution in [2.75, 3.05) is 11.9 Å². The molecule has 1 N–H and O–H groups in total. The molecule has 8 heteroatoms. The number of hydrogen-bond acceptors (Lipinski definition) is 4. The highest BCUT2D eigenvalue weighted by atomic mass is 19.1. The number of anilines is 1. The lowest BCUT2D eigenvalue weighted by molar-refractivity contribution is -0.117. The number of carbonyl (C=O) groups is 1. The Bertz CT molecular complexity index is 1080. The number of amides is 1. The third kappa shape index (κ3) is 3.90. The Morgan fingerprint density at radius 2 is 2.13 bits per heavy atom. The quantitative estimate of drug-likeness (QED) is 0.640. The second kappa shape index (κ2) is 7.85. The monoisotopic (exact) mass is 412 g/mol. The van der Waals surface area contributed by atoms with Gasteiger partial charge in [0.05, 0.1) is 36.8 Å². The second-order valence-electron chi connectivity index (χ2n) is 7.53. The van der Waals surface area contributed by atoms with Crippen molar-refractivity contribution in [3.8, 4) is 5.75 Å². The van der Waals surface area contributed by atoms with Crippen molar-refractivity contribution in [3.05, 3.63) is 71.8 Å². The van der Waals surface area contributed by atoms with E-state index in [-0.39, 0.29) is 24.0 Å². The number of aromatic nitrogens is 3. The molecular formula is C22H22F2N4O2. The molecule has 156 valence electrons. The minimum absolute atomic E-state index is 0.201. The van der Waals surface area contributed by atoms with Gasteiger partial charge in [-0.1, -0.05) is 12.1 Å². The van der Waals surface area contributed by atoms with Gasteiger partial charge >= 0.3 is 0 Å². The molecule has 1 saturated carbocycles. The van der Waals surface area contributed by atoms with Gasteiger partial charge < -0.3 is 10.1 Å². The SMILES string of the molecule is CCn1cc(OC[C@@]2(c3cccc(F)c3)C[C@H]2C(=O)Nc2cncc(F)c2)c(C)n1. The van der Waals surface area contributed by atoms with Crippen LogP contribution < -0.4 is 10.1 Å². The Labute approximate surface area is 172 Å². The summed E-state index contributed by atoms with van der Waals surface area (Å²) in [5.74, 6) is -0.998. The predicted molar refractivity (Wildman–Crippen MR) is 107 cm³/mol. The lowest BCUT2D eigenvalue weighted by atomic mass is 9.93. The number of nitrogens with zero attached hydrogens (tertiary/aromatic N) is 3. The first-order valence-corrected chi connectivity index (χ1v) is 9.75. The fraction of sp³-hybridized carbons (Fsp3) is 0.318. The molecule has 1 fully saturated rings. The molecule has 1 aliphatic rings. The molecule has 3 aromatic rings. The normalized spacial score (nSPS) is 20.1. The number of rotatable bonds is 7. The zero-order valence-electron chi connectivity index (χ0n) is 16.7. The molecule has 2 atom stereocenters. The third-order valence-corrected chi connectivity index (χ3v) is 5.47. The summed E-state index contributed by atoms with van der Waals surface area (Å²) in [6.07, 6.45) is 4.75. The van der Waals surface area contributed by atoms with Crippen LogP contribution in [0.5, 0.6) is 5.75 Å². The maximum atomic E-state index is 13.9. The summed E-state index contributed by atoms with van der Waals surface area (Å²) in [5.41, 5.74) is 1.05. The molecule has 6 nitrogen and oxygen atoms in total. The molecule has 0 radical (unpaired) electrons. The molecule has 2 aromatic heterocycles. The lowest BCUT2D eigenvalue weighted by Crippen LogP contribution is -2.26. The highest BCUT2D eigenvalue weighted by Gasteiger charge is 2.60. The second-order valence-corrected chi connectivity index (χ2v) is 7.53. The van der Waals surface area contributed by atoms with Crippen molar-refractivity contribution in [1.82, 2.24) is 14.8 Å². The van der Waals surface area contributed by atoms with Crippen molar-refractivity contribution in [3.63, 3.8) is 0 Å². The van der Waals surface area contributed by atoms with E-state index in [1.165, 1.54) is 24.4 Å². The predicted octanol–water partition coefficient (Wildman–Crippen LogP) is 3.86. The van der Waals surface area contributed by atoms with Crippen molar-refractivity contribution >= 4 is 11.6 Å². The van der Waals surface area contributed by atoms with E-state index in [4.69, 9.17) is 4.74 Å². The van der Waals surface area contributed by atoms with Crippen LogP contribution in [0, 0.1) is 24.5 Å². The standard InChI is InChI=1S/C22H22F2N4O2/c1-3-28-12-20(14(2)27-28)30-13-22(15-5-4-6-16(23)7-15)9-19(22)21(29)26-18-8-17(24)10-25-11-18/h4-8,10-12,19H,3,9,13H2,1-2H3,(H,26,29)/t19-,22+/m0/s1.